The van der Waals surface area contributed by atoms with Crippen molar-refractivity contribution in [1.29, 1.82) is 0 Å². The molecule has 2 aromatic carbocycles. The Bertz CT molecular complexity index is 784. The average molecular weight is 362 g/mol. The van der Waals surface area contributed by atoms with E-state index in [0.717, 1.165) is 24.3 Å². The van der Waals surface area contributed by atoms with Crippen molar-refractivity contribution in [2.75, 3.05) is 0 Å². The first-order valence-electron chi connectivity index (χ1n) is 6.73. The molecule has 0 spiro atoms. The molecule has 0 aliphatic carbocycles. The zero-order chi connectivity index (χ0) is 18.8. The molecule has 0 saturated carbocycles. The van der Waals surface area contributed by atoms with E-state index in [0.29, 0.717) is 18.4 Å². The van der Waals surface area contributed by atoms with Gasteiger partial charge in [0.1, 0.15) is 12.1 Å². The summed E-state index contributed by atoms with van der Waals surface area (Å²) in [5.74, 6) is -0.773. The van der Waals surface area contributed by atoms with Crippen LogP contribution in [0.15, 0.2) is 36.4 Å². The van der Waals surface area contributed by atoms with Gasteiger partial charge in [0.05, 0.1) is 11.1 Å². The number of carbonyl (C=O) groups is 1. The summed E-state index contributed by atoms with van der Waals surface area (Å²) in [6.45, 7) is 0. The summed E-state index contributed by atoms with van der Waals surface area (Å²) >= 11 is 0. The van der Waals surface area contributed by atoms with Gasteiger partial charge in [-0.1, -0.05) is 12.2 Å². The predicted molar refractivity (Wildman–Crippen MR) is 77.2 cm³/mol. The monoisotopic (exact) mass is 362 g/mol. The maximum atomic E-state index is 13.6. The number of hydrogen-bond acceptors (Lipinski definition) is 1. The molecule has 0 aromatic heterocycles. The lowest BCUT2D eigenvalue weighted by Gasteiger charge is -2.13. The Morgan fingerprint density at radius 1 is 0.720 bits per heavy atom. The minimum atomic E-state index is -4.97. The molecular weight excluding hydrogens is 353 g/mol. The van der Waals surface area contributed by atoms with E-state index in [1.807, 2.05) is 0 Å². The van der Waals surface area contributed by atoms with Crippen LogP contribution in [0.3, 0.4) is 0 Å². The Hall–Kier alpha value is -2.64. The number of alkyl halides is 6. The number of carbonyl (C=O) groups excluding carboxylic acids is 1. The lowest BCUT2D eigenvalue weighted by atomic mass is 10.0. The van der Waals surface area contributed by atoms with Gasteiger partial charge in [-0.25, -0.2) is 4.39 Å². The van der Waals surface area contributed by atoms with Gasteiger partial charge in [0.15, 0.2) is 0 Å². The molecule has 1 nitrogen and oxygen atoms in total. The van der Waals surface area contributed by atoms with Gasteiger partial charge in [-0.2, -0.15) is 26.3 Å². The van der Waals surface area contributed by atoms with Crippen molar-refractivity contribution in [2.45, 2.75) is 12.4 Å². The summed E-state index contributed by atoms with van der Waals surface area (Å²) in [7, 11) is 0. The molecule has 0 fully saturated rings. The van der Waals surface area contributed by atoms with Gasteiger partial charge in [0, 0.05) is 11.1 Å². The fraction of sp³-hybridized carbons (Fsp3) is 0.118. The fourth-order valence-electron chi connectivity index (χ4n) is 2.02. The topological polar surface area (TPSA) is 17.1 Å². The van der Waals surface area contributed by atoms with Crippen LogP contribution in [0.1, 0.15) is 32.6 Å². The number of rotatable bonds is 3. The maximum Gasteiger partial charge on any atom is 0.416 e. The molecule has 0 N–H and O–H groups in total. The van der Waals surface area contributed by atoms with E-state index >= 15 is 0 Å². The first-order valence-corrected chi connectivity index (χ1v) is 6.73. The van der Waals surface area contributed by atoms with Crippen molar-refractivity contribution in [3.8, 4) is 0 Å². The van der Waals surface area contributed by atoms with Gasteiger partial charge >= 0.3 is 12.4 Å². The van der Waals surface area contributed by atoms with Crippen LogP contribution < -0.4 is 0 Å². The highest BCUT2D eigenvalue weighted by molar-refractivity contribution is 5.78. The molecule has 0 aliphatic rings. The van der Waals surface area contributed by atoms with Crippen molar-refractivity contribution in [2.24, 2.45) is 0 Å². The Labute approximate surface area is 137 Å². The van der Waals surface area contributed by atoms with Gasteiger partial charge in [-0.05, 0) is 42.0 Å². The van der Waals surface area contributed by atoms with Gasteiger partial charge in [-0.15, -0.1) is 0 Å². The van der Waals surface area contributed by atoms with Crippen LogP contribution in [0, 0.1) is 5.82 Å². The third kappa shape index (κ3) is 4.68. The Balaban J connectivity index is 2.50. The third-order valence-electron chi connectivity index (χ3n) is 3.22. The summed E-state index contributed by atoms with van der Waals surface area (Å²) < 4.78 is 90.2. The lowest BCUT2D eigenvalue weighted by Crippen LogP contribution is -2.11. The molecule has 0 atom stereocenters. The van der Waals surface area contributed by atoms with E-state index in [-0.39, 0.29) is 17.2 Å². The largest absolute Gasteiger partial charge is 0.416 e. The highest BCUT2D eigenvalue weighted by Crippen LogP contribution is 2.36. The van der Waals surface area contributed by atoms with Crippen LogP contribution >= 0.6 is 0 Å². The van der Waals surface area contributed by atoms with Gasteiger partial charge in [0.25, 0.3) is 0 Å². The van der Waals surface area contributed by atoms with Gasteiger partial charge < -0.3 is 0 Å². The molecule has 8 heteroatoms. The van der Waals surface area contributed by atoms with E-state index in [1.54, 1.807) is 0 Å². The molecule has 132 valence electrons. The van der Waals surface area contributed by atoms with Crippen LogP contribution in [0.2, 0.25) is 0 Å². The highest BCUT2D eigenvalue weighted by atomic mass is 19.4. The Morgan fingerprint density at radius 2 is 1.28 bits per heavy atom. The number of halogens is 7. The molecule has 2 aromatic rings. The van der Waals surface area contributed by atoms with E-state index < -0.39 is 34.9 Å². The first kappa shape index (κ1) is 18.7. The van der Waals surface area contributed by atoms with Gasteiger partial charge in [-0.3, -0.25) is 4.79 Å². The second-order valence-corrected chi connectivity index (χ2v) is 5.07. The number of benzene rings is 2. The van der Waals surface area contributed by atoms with E-state index in [9.17, 15) is 35.5 Å². The Kier molecular flexibility index (Phi) is 5.01. The SMILES string of the molecule is O=Cc1ccc(F)c(/C=C/c2cc(C(F)(F)F)cc(C(F)(F)F)c2)c1. The zero-order valence-electron chi connectivity index (χ0n) is 12.3. The van der Waals surface area contributed by atoms with Crippen molar-refractivity contribution < 1.29 is 35.5 Å². The molecule has 0 aliphatic heterocycles. The maximum absolute atomic E-state index is 13.6. The number of hydrogen-bond donors (Lipinski definition) is 0. The van der Waals surface area contributed by atoms with Crippen LogP contribution in [0.5, 0.6) is 0 Å². The summed E-state index contributed by atoms with van der Waals surface area (Å²) in [6.07, 6.45) is -7.59. The van der Waals surface area contributed by atoms with Crippen LogP contribution in [-0.2, 0) is 12.4 Å². The molecule has 2 rings (SSSR count). The van der Waals surface area contributed by atoms with Gasteiger partial charge in [0.2, 0.25) is 0 Å². The molecule has 0 amide bonds. The molecular formula is C17H9F7O. The van der Waals surface area contributed by atoms with Crippen molar-refractivity contribution >= 4 is 18.4 Å². The second-order valence-electron chi connectivity index (χ2n) is 5.07. The zero-order valence-corrected chi connectivity index (χ0v) is 12.3. The van der Waals surface area contributed by atoms with E-state index in [1.165, 1.54) is 6.07 Å². The van der Waals surface area contributed by atoms with Crippen molar-refractivity contribution in [3.05, 3.63) is 70.0 Å². The van der Waals surface area contributed by atoms with Crippen LogP contribution in [0.25, 0.3) is 12.2 Å². The number of aldehydes is 1. The molecule has 25 heavy (non-hydrogen) atoms. The molecule has 0 unspecified atom stereocenters. The fourth-order valence-corrected chi connectivity index (χ4v) is 2.02. The minimum absolute atomic E-state index is 0.00490. The lowest BCUT2D eigenvalue weighted by molar-refractivity contribution is -0.143. The molecule has 0 heterocycles. The standard InChI is InChI=1S/C17H9F7O/c18-15-4-2-11(9-25)5-12(15)3-1-10-6-13(16(19,20)21)8-14(7-10)17(22,23)24/h1-9H/b3-1+. The summed E-state index contributed by atoms with van der Waals surface area (Å²) in [6, 6.07) is 4.32. The highest BCUT2D eigenvalue weighted by Gasteiger charge is 2.36. The predicted octanol–water partition coefficient (Wildman–Crippen LogP) is 5.85. The van der Waals surface area contributed by atoms with Crippen LogP contribution in [-0.4, -0.2) is 6.29 Å². The third-order valence-corrected chi connectivity index (χ3v) is 3.22. The normalized spacial score (nSPS) is 12.6. The summed E-state index contributed by atoms with van der Waals surface area (Å²) in [5.41, 5.74) is -3.37. The van der Waals surface area contributed by atoms with Crippen molar-refractivity contribution in [1.82, 2.24) is 0 Å². The van der Waals surface area contributed by atoms with E-state index in [2.05, 4.69) is 0 Å². The quantitative estimate of drug-likeness (QED) is 0.381. The summed E-state index contributed by atoms with van der Waals surface area (Å²) in [4.78, 5) is 10.7. The molecule has 0 radical (unpaired) electrons. The minimum Gasteiger partial charge on any atom is -0.298 e. The first-order chi connectivity index (χ1) is 11.5. The average Bonchev–Trinajstić information content (AvgIpc) is 2.52. The summed E-state index contributed by atoms with van der Waals surface area (Å²) in [5, 5.41) is 0. The molecule has 0 bridgehead atoms. The molecule has 0 saturated heterocycles. The second kappa shape index (κ2) is 6.70. The van der Waals surface area contributed by atoms with Crippen LogP contribution in [0.4, 0.5) is 30.7 Å². The smallest absolute Gasteiger partial charge is 0.298 e. The Morgan fingerprint density at radius 3 is 1.76 bits per heavy atom. The van der Waals surface area contributed by atoms with Crippen molar-refractivity contribution in [3.63, 3.8) is 0 Å². The van der Waals surface area contributed by atoms with E-state index in [4.69, 9.17) is 0 Å².